The van der Waals surface area contributed by atoms with Crippen molar-refractivity contribution in [2.24, 2.45) is 0 Å². The lowest BCUT2D eigenvalue weighted by Crippen LogP contribution is -2.30. The summed E-state index contributed by atoms with van der Waals surface area (Å²) in [6.45, 7) is 8.86. The van der Waals surface area contributed by atoms with Crippen molar-refractivity contribution < 1.29 is 14.3 Å². The molecule has 0 aliphatic carbocycles. The minimum Gasteiger partial charge on any atom is -0.497 e. The van der Waals surface area contributed by atoms with Crippen LogP contribution in [0.1, 0.15) is 28.0 Å². The van der Waals surface area contributed by atoms with E-state index >= 15 is 0 Å². The lowest BCUT2D eigenvalue weighted by molar-refractivity contribution is 0.102. The van der Waals surface area contributed by atoms with Gasteiger partial charge in [0, 0.05) is 61.8 Å². The van der Waals surface area contributed by atoms with Gasteiger partial charge >= 0.3 is 0 Å². The number of rotatable bonds is 10. The molecule has 1 saturated heterocycles. The fraction of sp³-hybridized carbons (Fsp3) is 0.357. The van der Waals surface area contributed by atoms with E-state index in [1.807, 2.05) is 54.6 Å². The van der Waals surface area contributed by atoms with Crippen LogP contribution in [0.25, 0.3) is 0 Å². The Bertz CT molecular complexity index is 1140. The molecular formula is C28H35N5O3. The highest BCUT2D eigenvalue weighted by Crippen LogP contribution is 2.24. The molecule has 2 aromatic carbocycles. The lowest BCUT2D eigenvalue weighted by Gasteiger charge is -2.23. The Morgan fingerprint density at radius 1 is 1.03 bits per heavy atom. The van der Waals surface area contributed by atoms with Crippen molar-refractivity contribution in [2.75, 3.05) is 57.2 Å². The first-order valence-corrected chi connectivity index (χ1v) is 12.3. The molecule has 3 aromatic rings. The first-order chi connectivity index (χ1) is 17.6. The molecule has 190 valence electrons. The molecule has 8 heteroatoms. The molecule has 2 heterocycles. The highest BCUT2D eigenvalue weighted by molar-refractivity contribution is 6.03. The van der Waals surface area contributed by atoms with Crippen molar-refractivity contribution in [3.05, 3.63) is 78.0 Å². The number of carbonyl (C=O) groups is 1. The Balaban J connectivity index is 1.31. The van der Waals surface area contributed by atoms with E-state index in [1.54, 1.807) is 14.2 Å². The second kappa shape index (κ2) is 12.3. The molecule has 8 nitrogen and oxygen atoms in total. The Labute approximate surface area is 212 Å². The van der Waals surface area contributed by atoms with Crippen LogP contribution in [0.15, 0.2) is 61.2 Å². The van der Waals surface area contributed by atoms with Gasteiger partial charge in [0.15, 0.2) is 5.82 Å². The summed E-state index contributed by atoms with van der Waals surface area (Å²) in [6.07, 6.45) is 4.60. The topological polar surface area (TPSA) is 82.7 Å². The Morgan fingerprint density at radius 3 is 2.47 bits per heavy atom. The second-order valence-corrected chi connectivity index (χ2v) is 8.93. The fourth-order valence-electron chi connectivity index (χ4n) is 4.45. The van der Waals surface area contributed by atoms with Gasteiger partial charge in [-0.05, 0) is 61.2 Å². The van der Waals surface area contributed by atoms with Crippen LogP contribution in [0.5, 0.6) is 11.5 Å². The molecule has 0 atom stereocenters. The van der Waals surface area contributed by atoms with Gasteiger partial charge in [-0.25, -0.2) is 0 Å². The van der Waals surface area contributed by atoms with Gasteiger partial charge in [-0.1, -0.05) is 6.08 Å². The number of carbonyl (C=O) groups excluding carboxylic acids is 1. The van der Waals surface area contributed by atoms with E-state index in [4.69, 9.17) is 9.47 Å². The summed E-state index contributed by atoms with van der Waals surface area (Å²) in [6, 6.07) is 15.5. The molecule has 1 amide bonds. The van der Waals surface area contributed by atoms with Gasteiger partial charge in [-0.15, -0.1) is 6.58 Å². The van der Waals surface area contributed by atoms with E-state index < -0.39 is 0 Å². The highest BCUT2D eigenvalue weighted by Gasteiger charge is 2.15. The van der Waals surface area contributed by atoms with Crippen molar-refractivity contribution in [1.29, 1.82) is 0 Å². The summed E-state index contributed by atoms with van der Waals surface area (Å²) in [5.74, 6) is 1.86. The van der Waals surface area contributed by atoms with Crippen molar-refractivity contribution >= 4 is 17.4 Å². The Hall–Kier alpha value is -3.78. The van der Waals surface area contributed by atoms with Crippen molar-refractivity contribution in [1.82, 2.24) is 15.1 Å². The van der Waals surface area contributed by atoms with E-state index in [1.165, 1.54) is 0 Å². The molecule has 1 aliphatic rings. The number of aromatic nitrogens is 2. The number of nitrogens with zero attached hydrogens (tertiary/aromatic N) is 3. The molecule has 36 heavy (non-hydrogen) atoms. The Kier molecular flexibility index (Phi) is 8.62. The van der Waals surface area contributed by atoms with Gasteiger partial charge in [-0.3, -0.25) is 14.8 Å². The fourth-order valence-corrected chi connectivity index (χ4v) is 4.45. The SMILES string of the molecule is C=CCN1CCCN(c2ccc(C(=O)Nc3cc(CCc4cc(OC)cc(OC)c4)[nH]n3)cc2)CC1. The van der Waals surface area contributed by atoms with Crippen LogP contribution < -0.4 is 19.7 Å². The van der Waals surface area contributed by atoms with Gasteiger partial charge in [0.1, 0.15) is 11.5 Å². The molecular weight excluding hydrogens is 454 g/mol. The van der Waals surface area contributed by atoms with Crippen LogP contribution in [0, 0.1) is 0 Å². The smallest absolute Gasteiger partial charge is 0.256 e. The minimum atomic E-state index is -0.176. The van der Waals surface area contributed by atoms with Crippen LogP contribution in [0.2, 0.25) is 0 Å². The normalized spacial score (nSPS) is 14.2. The van der Waals surface area contributed by atoms with Crippen LogP contribution >= 0.6 is 0 Å². The molecule has 2 N–H and O–H groups in total. The second-order valence-electron chi connectivity index (χ2n) is 8.93. The number of amides is 1. The monoisotopic (exact) mass is 489 g/mol. The number of H-pyrrole nitrogens is 1. The maximum absolute atomic E-state index is 12.8. The number of aryl methyl sites for hydroxylation is 2. The predicted molar refractivity (Wildman–Crippen MR) is 143 cm³/mol. The first-order valence-electron chi connectivity index (χ1n) is 12.3. The summed E-state index contributed by atoms with van der Waals surface area (Å²) in [7, 11) is 3.28. The maximum Gasteiger partial charge on any atom is 0.256 e. The molecule has 0 bridgehead atoms. The van der Waals surface area contributed by atoms with Gasteiger partial charge in [0.25, 0.3) is 5.91 Å². The lowest BCUT2D eigenvalue weighted by atomic mass is 10.1. The summed E-state index contributed by atoms with van der Waals surface area (Å²) < 4.78 is 10.7. The number of anilines is 2. The highest BCUT2D eigenvalue weighted by atomic mass is 16.5. The summed E-state index contributed by atoms with van der Waals surface area (Å²) >= 11 is 0. The quantitative estimate of drug-likeness (QED) is 0.416. The zero-order valence-electron chi connectivity index (χ0n) is 21.1. The van der Waals surface area contributed by atoms with E-state index in [2.05, 4.69) is 31.9 Å². The minimum absolute atomic E-state index is 0.176. The van der Waals surface area contributed by atoms with Crippen LogP contribution in [0.3, 0.4) is 0 Å². The van der Waals surface area contributed by atoms with Gasteiger partial charge in [0.2, 0.25) is 0 Å². The van der Waals surface area contributed by atoms with Crippen molar-refractivity contribution in [2.45, 2.75) is 19.3 Å². The zero-order chi connectivity index (χ0) is 25.3. The maximum atomic E-state index is 12.8. The van der Waals surface area contributed by atoms with Crippen LogP contribution in [0.4, 0.5) is 11.5 Å². The summed E-state index contributed by atoms with van der Waals surface area (Å²) in [5.41, 5.74) is 3.79. The van der Waals surface area contributed by atoms with E-state index in [0.717, 1.165) is 80.4 Å². The molecule has 1 fully saturated rings. The molecule has 0 unspecified atom stereocenters. The number of nitrogens with one attached hydrogen (secondary N) is 2. The summed E-state index contributed by atoms with van der Waals surface area (Å²) in [5, 5.41) is 10.2. The molecule has 0 radical (unpaired) electrons. The van der Waals surface area contributed by atoms with Crippen molar-refractivity contribution in [3.63, 3.8) is 0 Å². The van der Waals surface area contributed by atoms with Crippen LogP contribution in [-0.4, -0.2) is 67.9 Å². The standard InChI is InChI=1S/C28H35N5O3/c1-4-12-32-13-5-14-33(16-15-32)24-10-7-22(8-11-24)28(34)29-27-19-23(30-31-27)9-6-21-17-25(35-2)20-26(18-21)36-3/h4,7-8,10-11,17-20H,1,5-6,9,12-16H2,2-3H3,(H2,29,30,31,34). The molecule has 0 saturated carbocycles. The van der Waals surface area contributed by atoms with Crippen molar-refractivity contribution in [3.8, 4) is 11.5 Å². The summed E-state index contributed by atoms with van der Waals surface area (Å²) in [4.78, 5) is 17.6. The van der Waals surface area contributed by atoms with Gasteiger partial charge < -0.3 is 19.7 Å². The van der Waals surface area contributed by atoms with Crippen LogP contribution in [-0.2, 0) is 12.8 Å². The first kappa shape index (κ1) is 25.3. The third kappa shape index (κ3) is 6.66. The third-order valence-corrected chi connectivity index (χ3v) is 6.44. The largest absolute Gasteiger partial charge is 0.497 e. The molecule has 0 spiro atoms. The molecule has 1 aliphatic heterocycles. The predicted octanol–water partition coefficient (Wildman–Crippen LogP) is 4.16. The number of ether oxygens (including phenoxy) is 2. The average molecular weight is 490 g/mol. The van der Waals surface area contributed by atoms with E-state index in [0.29, 0.717) is 11.4 Å². The molecule has 4 rings (SSSR count). The van der Waals surface area contributed by atoms with E-state index in [-0.39, 0.29) is 5.91 Å². The molecule has 1 aromatic heterocycles. The number of hydrogen-bond acceptors (Lipinski definition) is 6. The average Bonchev–Trinajstić information content (AvgIpc) is 3.22. The number of benzene rings is 2. The van der Waals surface area contributed by atoms with Gasteiger partial charge in [-0.2, -0.15) is 5.10 Å². The number of methoxy groups -OCH3 is 2. The third-order valence-electron chi connectivity index (χ3n) is 6.44. The zero-order valence-corrected chi connectivity index (χ0v) is 21.1. The van der Waals surface area contributed by atoms with E-state index in [9.17, 15) is 4.79 Å². The number of aromatic amines is 1. The Morgan fingerprint density at radius 2 is 1.78 bits per heavy atom. The number of hydrogen-bond donors (Lipinski definition) is 2. The van der Waals surface area contributed by atoms with Gasteiger partial charge in [0.05, 0.1) is 14.2 Å².